The summed E-state index contributed by atoms with van der Waals surface area (Å²) in [5.74, 6) is 0. The molecule has 0 radical (unpaired) electrons. The molecule has 0 saturated carbocycles. The van der Waals surface area contributed by atoms with Crippen molar-refractivity contribution in [1.82, 2.24) is 0 Å². The van der Waals surface area contributed by atoms with Crippen molar-refractivity contribution >= 4 is 20.0 Å². The molecule has 4 N–H and O–H groups in total. The highest BCUT2D eigenvalue weighted by molar-refractivity contribution is 6.13. The van der Waals surface area contributed by atoms with Crippen LogP contribution in [0.25, 0.3) is 0 Å². The summed E-state index contributed by atoms with van der Waals surface area (Å²) >= 11 is 0. The van der Waals surface area contributed by atoms with Gasteiger partial charge in [-0.25, -0.2) is 0 Å². The highest BCUT2D eigenvalue weighted by Crippen LogP contribution is 1.08. The molecule has 0 aromatic heterocycles. The Kier molecular flexibility index (Phi) is 29.7. The lowest BCUT2D eigenvalue weighted by Crippen LogP contribution is -1.75. The Labute approximate surface area is 40.2 Å². The lowest BCUT2D eigenvalue weighted by atomic mass is 15.8. The summed E-state index contributed by atoms with van der Waals surface area (Å²) < 4.78 is 0. The Balaban J connectivity index is 0. The zero-order valence-electron chi connectivity index (χ0n) is 3.20. The van der Waals surface area contributed by atoms with Gasteiger partial charge in [-0.3, -0.25) is 0 Å². The minimum Gasteiger partial charge on any atom is -0.415 e. The maximum Gasteiger partial charge on any atom is 0.299 e. The van der Waals surface area contributed by atoms with Gasteiger partial charge in [0.25, 0.3) is 20.0 Å². The molecular formula is H8O4Si2. The molecule has 0 spiro atoms. The fourth-order valence-corrected chi connectivity index (χ4v) is 0. The van der Waals surface area contributed by atoms with Crippen molar-refractivity contribution in [3.05, 3.63) is 0 Å². The average Bonchev–Trinajstić information content (AvgIpc) is 1.39. The molecule has 4 nitrogen and oxygen atoms in total. The lowest BCUT2D eigenvalue weighted by Gasteiger charge is -1.52. The van der Waals surface area contributed by atoms with Crippen LogP contribution in [-0.2, 0) is 0 Å². The summed E-state index contributed by atoms with van der Waals surface area (Å²) in [5.41, 5.74) is 0. The van der Waals surface area contributed by atoms with Crippen LogP contribution in [0.5, 0.6) is 0 Å². The fraction of sp³-hybridized carbons (Fsp3) is 0. The summed E-state index contributed by atoms with van der Waals surface area (Å²) in [7, 11) is -3.17. The summed E-state index contributed by atoms with van der Waals surface area (Å²) in [5, 5.41) is 0. The summed E-state index contributed by atoms with van der Waals surface area (Å²) in [4.78, 5) is 29.1. The van der Waals surface area contributed by atoms with Gasteiger partial charge in [-0.2, -0.15) is 0 Å². The second-order valence-corrected chi connectivity index (χ2v) is 0.849. The van der Waals surface area contributed by atoms with Gasteiger partial charge in [0.05, 0.1) is 0 Å². The van der Waals surface area contributed by atoms with Crippen LogP contribution in [0.4, 0.5) is 0 Å². The van der Waals surface area contributed by atoms with Gasteiger partial charge >= 0.3 is 0 Å². The van der Waals surface area contributed by atoms with Crippen molar-refractivity contribution < 1.29 is 19.2 Å². The minimum absolute atomic E-state index is 1.58. The maximum absolute atomic E-state index is 7.26. The predicted molar refractivity (Wildman–Crippen MR) is 26.0 cm³/mol. The molecule has 0 amide bonds. The molecular weight excluding hydrogens is 120 g/mol. The van der Waals surface area contributed by atoms with Crippen molar-refractivity contribution in [3.63, 3.8) is 0 Å². The molecule has 6 heavy (non-hydrogen) atoms. The normalized spacial score (nSPS) is 6.00. The van der Waals surface area contributed by atoms with Crippen LogP contribution in [0, 0.1) is 0 Å². The smallest absolute Gasteiger partial charge is 0.299 e. The third-order valence-corrected chi connectivity index (χ3v) is 0. The topological polar surface area (TPSA) is 80.9 Å². The van der Waals surface area contributed by atoms with Gasteiger partial charge in [-0.1, -0.05) is 0 Å². The van der Waals surface area contributed by atoms with E-state index >= 15 is 0 Å². The molecule has 0 aromatic rings. The highest BCUT2D eigenvalue weighted by Gasteiger charge is 1.40. The SMILES string of the molecule is O[SiH2]O.O[SiH2]O. The number of hydrogen-bond acceptors (Lipinski definition) is 4. The van der Waals surface area contributed by atoms with Crippen LogP contribution in [0.2, 0.25) is 0 Å². The van der Waals surface area contributed by atoms with Gasteiger partial charge in [-0.05, 0) is 0 Å². The molecule has 0 bridgehead atoms. The maximum atomic E-state index is 7.26. The Bertz CT molecular complexity index is 7.51. The van der Waals surface area contributed by atoms with Crippen LogP contribution >= 0.6 is 0 Å². The largest absolute Gasteiger partial charge is 0.415 e. The molecule has 0 unspecified atom stereocenters. The van der Waals surface area contributed by atoms with Crippen LogP contribution < -0.4 is 0 Å². The van der Waals surface area contributed by atoms with Crippen molar-refractivity contribution in [1.29, 1.82) is 0 Å². The average molecular weight is 128 g/mol. The van der Waals surface area contributed by atoms with Gasteiger partial charge in [0.1, 0.15) is 0 Å². The van der Waals surface area contributed by atoms with E-state index in [1.165, 1.54) is 0 Å². The Morgan fingerprint density at radius 1 is 0.667 bits per heavy atom. The molecule has 6 heteroatoms. The van der Waals surface area contributed by atoms with E-state index in [-0.39, 0.29) is 0 Å². The van der Waals surface area contributed by atoms with E-state index in [0.717, 1.165) is 0 Å². The molecule has 0 atom stereocenters. The Hall–Kier alpha value is 0.274. The first-order chi connectivity index (χ1) is 2.83. The van der Waals surface area contributed by atoms with Crippen molar-refractivity contribution in [2.45, 2.75) is 0 Å². The van der Waals surface area contributed by atoms with Gasteiger partial charge < -0.3 is 19.2 Å². The molecule has 40 valence electrons. The van der Waals surface area contributed by atoms with Crippen molar-refractivity contribution in [3.8, 4) is 0 Å². The molecule has 0 fully saturated rings. The molecule has 0 aliphatic rings. The molecule has 0 heterocycles. The minimum atomic E-state index is -1.58. The van der Waals surface area contributed by atoms with E-state index in [1.807, 2.05) is 0 Å². The van der Waals surface area contributed by atoms with Crippen LogP contribution in [-0.4, -0.2) is 39.2 Å². The summed E-state index contributed by atoms with van der Waals surface area (Å²) in [6.45, 7) is 0. The number of hydrogen-bond donors (Lipinski definition) is 4. The molecule has 0 aromatic carbocycles. The van der Waals surface area contributed by atoms with Gasteiger partial charge in [0, 0.05) is 0 Å². The first-order valence-corrected chi connectivity index (χ1v) is 3.79. The van der Waals surface area contributed by atoms with Crippen molar-refractivity contribution in [2.75, 3.05) is 0 Å². The van der Waals surface area contributed by atoms with Crippen LogP contribution in [0.3, 0.4) is 0 Å². The van der Waals surface area contributed by atoms with Crippen LogP contribution in [0.1, 0.15) is 0 Å². The zero-order valence-corrected chi connectivity index (χ0v) is 6.03. The van der Waals surface area contributed by atoms with E-state index in [0.29, 0.717) is 0 Å². The first-order valence-electron chi connectivity index (χ1n) is 1.26. The molecule has 0 rings (SSSR count). The lowest BCUT2D eigenvalue weighted by molar-refractivity contribution is 0.447. The highest BCUT2D eigenvalue weighted by atomic mass is 28.3. The van der Waals surface area contributed by atoms with Gasteiger partial charge in [0.15, 0.2) is 0 Å². The Morgan fingerprint density at radius 3 is 0.667 bits per heavy atom. The van der Waals surface area contributed by atoms with E-state index in [2.05, 4.69) is 0 Å². The monoisotopic (exact) mass is 128 g/mol. The Morgan fingerprint density at radius 2 is 0.667 bits per heavy atom. The third kappa shape index (κ3) is 611. The van der Waals surface area contributed by atoms with Crippen LogP contribution in [0.15, 0.2) is 0 Å². The summed E-state index contributed by atoms with van der Waals surface area (Å²) in [6, 6.07) is 0. The predicted octanol–water partition coefficient (Wildman–Crippen LogP) is -4.06. The molecule has 0 aliphatic heterocycles. The fourth-order valence-electron chi connectivity index (χ4n) is 0. The van der Waals surface area contributed by atoms with E-state index < -0.39 is 20.0 Å². The zero-order chi connectivity index (χ0) is 5.41. The second-order valence-electron chi connectivity index (χ2n) is 0.283. The van der Waals surface area contributed by atoms with E-state index in [4.69, 9.17) is 19.2 Å². The quantitative estimate of drug-likeness (QED) is 0.250. The van der Waals surface area contributed by atoms with Gasteiger partial charge in [0.2, 0.25) is 0 Å². The standard InChI is InChI=1S/2H4O2Si/c2*1-3-2/h2*1-2H,3H2. The number of rotatable bonds is 0. The van der Waals surface area contributed by atoms with Gasteiger partial charge in [-0.15, -0.1) is 0 Å². The van der Waals surface area contributed by atoms with E-state index in [9.17, 15) is 0 Å². The van der Waals surface area contributed by atoms with E-state index in [1.54, 1.807) is 0 Å². The second kappa shape index (κ2) is 18.6. The molecule has 0 aliphatic carbocycles. The third-order valence-electron chi connectivity index (χ3n) is 0. The summed E-state index contributed by atoms with van der Waals surface area (Å²) in [6.07, 6.45) is 0. The molecule has 0 saturated heterocycles. The van der Waals surface area contributed by atoms with Crippen molar-refractivity contribution in [2.24, 2.45) is 0 Å². The first kappa shape index (κ1) is 9.55.